The van der Waals surface area contributed by atoms with Crippen molar-refractivity contribution in [2.75, 3.05) is 13.2 Å². The molecule has 11 heteroatoms. The summed E-state index contributed by atoms with van der Waals surface area (Å²) in [6, 6.07) is 7.07. The monoisotopic (exact) mass is 459 g/mol. The average Bonchev–Trinajstić information content (AvgIpc) is 3.13. The number of amides is 2. The molecule has 0 aliphatic carbocycles. The van der Waals surface area contributed by atoms with Gasteiger partial charge in [0.05, 0.1) is 13.2 Å². The van der Waals surface area contributed by atoms with Crippen LogP contribution in [0, 0.1) is 0 Å². The Balaban J connectivity index is 1.77. The highest BCUT2D eigenvalue weighted by atomic mass is 32.1. The van der Waals surface area contributed by atoms with Crippen LogP contribution in [0.1, 0.15) is 32.1 Å². The smallest absolute Gasteiger partial charge is 0.471 e. The second kappa shape index (κ2) is 10.5. The molecule has 0 aliphatic rings. The number of hydrogen-bond donors (Lipinski definition) is 2. The maximum Gasteiger partial charge on any atom is 0.471 e. The molecule has 0 saturated heterocycles. The highest BCUT2D eigenvalue weighted by Crippen LogP contribution is 2.27. The van der Waals surface area contributed by atoms with Crippen LogP contribution in [0.4, 0.5) is 18.0 Å². The number of carbonyl (C=O) groups excluding carboxylic acids is 2. The van der Waals surface area contributed by atoms with E-state index in [1.54, 1.807) is 44.4 Å². The van der Waals surface area contributed by atoms with Gasteiger partial charge in [0.25, 0.3) is 0 Å². The number of aromatic nitrogens is 1. The van der Waals surface area contributed by atoms with Gasteiger partial charge >= 0.3 is 18.2 Å². The third-order valence-corrected chi connectivity index (χ3v) is 4.64. The Morgan fingerprint density at radius 2 is 1.77 bits per heavy atom. The maximum atomic E-state index is 12.1. The van der Waals surface area contributed by atoms with Crippen molar-refractivity contribution >= 4 is 23.3 Å². The number of rotatable bonds is 8. The fourth-order valence-corrected chi connectivity index (χ4v) is 3.11. The zero-order valence-corrected chi connectivity index (χ0v) is 18.2. The summed E-state index contributed by atoms with van der Waals surface area (Å²) in [5.74, 6) is -1.41. The lowest BCUT2D eigenvalue weighted by Crippen LogP contribution is -2.37. The van der Waals surface area contributed by atoms with Crippen LogP contribution >= 0.6 is 11.3 Å². The van der Waals surface area contributed by atoms with Crippen molar-refractivity contribution < 1.29 is 32.2 Å². The molecular weight excluding hydrogens is 435 g/mol. The number of halogens is 3. The molecule has 2 aromatic rings. The molecule has 0 atom stereocenters. The summed E-state index contributed by atoms with van der Waals surface area (Å²) >= 11 is 1.43. The Bertz CT molecular complexity index is 877. The normalized spacial score (nSPS) is 11.7. The van der Waals surface area contributed by atoms with Crippen molar-refractivity contribution in [3.05, 3.63) is 35.3 Å². The van der Waals surface area contributed by atoms with Crippen molar-refractivity contribution in [1.29, 1.82) is 0 Å². The summed E-state index contributed by atoms with van der Waals surface area (Å²) in [5, 5.41) is 5.23. The van der Waals surface area contributed by atoms with Gasteiger partial charge in [0.2, 0.25) is 0 Å². The minimum atomic E-state index is -4.88. The molecule has 0 unspecified atom stereocenters. The molecule has 0 radical (unpaired) electrons. The SMILES string of the molecule is CC(C)(C)OC(=O)NCc1cnc(-c2ccc(OCCCNC(=O)C(F)(F)F)cc2)s1. The van der Waals surface area contributed by atoms with Crippen molar-refractivity contribution in [3.8, 4) is 16.3 Å². The number of thiazole rings is 1. The molecule has 1 aromatic heterocycles. The van der Waals surface area contributed by atoms with E-state index in [1.165, 1.54) is 11.3 Å². The van der Waals surface area contributed by atoms with E-state index in [-0.39, 0.29) is 19.6 Å². The Labute approximate surface area is 182 Å². The molecule has 0 fully saturated rings. The van der Waals surface area contributed by atoms with E-state index in [9.17, 15) is 22.8 Å². The molecule has 2 amide bonds. The number of nitrogens with zero attached hydrogens (tertiary/aromatic N) is 1. The summed E-state index contributed by atoms with van der Waals surface area (Å²) in [6.45, 7) is 5.70. The second-order valence-corrected chi connectivity index (χ2v) is 8.58. The van der Waals surface area contributed by atoms with Gasteiger partial charge in [-0.15, -0.1) is 11.3 Å². The average molecular weight is 459 g/mol. The fourth-order valence-electron chi connectivity index (χ4n) is 2.25. The lowest BCUT2D eigenvalue weighted by Gasteiger charge is -2.19. The molecule has 0 spiro atoms. The summed E-state index contributed by atoms with van der Waals surface area (Å²) in [6.07, 6.45) is -3.46. The molecule has 170 valence electrons. The summed E-state index contributed by atoms with van der Waals surface area (Å²) < 4.78 is 46.9. The highest BCUT2D eigenvalue weighted by Gasteiger charge is 2.38. The minimum Gasteiger partial charge on any atom is -0.494 e. The first-order chi connectivity index (χ1) is 14.4. The molecular formula is C20H24F3N3O4S. The van der Waals surface area contributed by atoms with E-state index in [4.69, 9.17) is 9.47 Å². The quantitative estimate of drug-likeness (QED) is 0.575. The molecule has 2 N–H and O–H groups in total. The topological polar surface area (TPSA) is 89.6 Å². The van der Waals surface area contributed by atoms with E-state index in [1.807, 2.05) is 12.1 Å². The molecule has 31 heavy (non-hydrogen) atoms. The number of carbonyl (C=O) groups is 2. The van der Waals surface area contributed by atoms with Crippen molar-refractivity contribution in [2.24, 2.45) is 0 Å². The van der Waals surface area contributed by atoms with Crippen molar-refractivity contribution in [2.45, 2.75) is 45.5 Å². The van der Waals surface area contributed by atoms with Crippen LogP contribution < -0.4 is 15.4 Å². The predicted molar refractivity (Wildman–Crippen MR) is 110 cm³/mol. The lowest BCUT2D eigenvalue weighted by atomic mass is 10.2. The Kier molecular flexibility index (Phi) is 8.26. The molecule has 0 aliphatic heterocycles. The standard InChI is InChI=1S/C20H24F3N3O4S/c1-19(2,3)30-18(28)26-12-15-11-25-16(31-15)13-5-7-14(8-6-13)29-10-4-9-24-17(27)20(21,22)23/h5-8,11H,4,9-10,12H2,1-3H3,(H,24,27)(H,26,28). The first-order valence-corrected chi connectivity index (χ1v) is 10.3. The number of alkyl halides is 3. The number of hydrogen-bond acceptors (Lipinski definition) is 6. The number of benzene rings is 1. The van der Waals surface area contributed by atoms with Gasteiger partial charge in [-0.1, -0.05) is 0 Å². The van der Waals surface area contributed by atoms with Crippen LogP contribution in [-0.4, -0.2) is 41.9 Å². The van der Waals surface area contributed by atoms with Gasteiger partial charge in [-0.2, -0.15) is 13.2 Å². The van der Waals surface area contributed by atoms with Gasteiger partial charge in [-0.25, -0.2) is 9.78 Å². The van der Waals surface area contributed by atoms with Gasteiger partial charge in [0.1, 0.15) is 16.4 Å². The van der Waals surface area contributed by atoms with E-state index in [0.29, 0.717) is 12.3 Å². The zero-order chi connectivity index (χ0) is 23.1. The first-order valence-electron chi connectivity index (χ1n) is 9.44. The van der Waals surface area contributed by atoms with E-state index in [0.717, 1.165) is 15.4 Å². The first kappa shape index (κ1) is 24.4. The summed E-state index contributed by atoms with van der Waals surface area (Å²) in [4.78, 5) is 27.6. The Hall–Kier alpha value is -2.82. The van der Waals surface area contributed by atoms with Crippen LogP contribution in [0.2, 0.25) is 0 Å². The third kappa shape index (κ3) is 8.83. The lowest BCUT2D eigenvalue weighted by molar-refractivity contribution is -0.173. The van der Waals surface area contributed by atoms with Crippen LogP contribution in [0.3, 0.4) is 0 Å². The third-order valence-electron chi connectivity index (χ3n) is 3.59. The van der Waals surface area contributed by atoms with Crippen LogP contribution in [0.15, 0.2) is 30.5 Å². The van der Waals surface area contributed by atoms with Gasteiger partial charge in [0.15, 0.2) is 0 Å². The van der Waals surface area contributed by atoms with E-state index >= 15 is 0 Å². The minimum absolute atomic E-state index is 0.129. The van der Waals surface area contributed by atoms with Crippen molar-refractivity contribution in [3.63, 3.8) is 0 Å². The molecule has 1 heterocycles. The molecule has 2 rings (SSSR count). The van der Waals surface area contributed by atoms with Crippen LogP contribution in [0.5, 0.6) is 5.75 Å². The van der Waals surface area contributed by atoms with E-state index in [2.05, 4.69) is 10.3 Å². The van der Waals surface area contributed by atoms with Crippen LogP contribution in [-0.2, 0) is 16.1 Å². The molecule has 0 bridgehead atoms. The van der Waals surface area contributed by atoms with Gasteiger partial charge in [-0.3, -0.25) is 4.79 Å². The van der Waals surface area contributed by atoms with Gasteiger partial charge in [0, 0.05) is 23.2 Å². The summed E-state index contributed by atoms with van der Waals surface area (Å²) in [5.41, 5.74) is 0.294. The molecule has 0 saturated carbocycles. The zero-order valence-electron chi connectivity index (χ0n) is 17.3. The maximum absolute atomic E-state index is 12.1. The summed E-state index contributed by atoms with van der Waals surface area (Å²) in [7, 11) is 0. The second-order valence-electron chi connectivity index (χ2n) is 7.47. The Morgan fingerprint density at radius 3 is 2.39 bits per heavy atom. The van der Waals surface area contributed by atoms with Gasteiger partial charge < -0.3 is 20.1 Å². The highest BCUT2D eigenvalue weighted by molar-refractivity contribution is 7.15. The fraction of sp³-hybridized carbons (Fsp3) is 0.450. The van der Waals surface area contributed by atoms with E-state index < -0.39 is 23.8 Å². The van der Waals surface area contributed by atoms with Gasteiger partial charge in [-0.05, 0) is 51.5 Å². The number of ether oxygens (including phenoxy) is 2. The molecule has 7 nitrogen and oxygen atoms in total. The Morgan fingerprint density at radius 1 is 1.10 bits per heavy atom. The predicted octanol–water partition coefficient (Wildman–Crippen LogP) is 4.28. The molecule has 1 aromatic carbocycles. The van der Waals surface area contributed by atoms with Crippen LogP contribution in [0.25, 0.3) is 10.6 Å². The number of alkyl carbamates (subject to hydrolysis) is 1. The number of nitrogens with one attached hydrogen (secondary N) is 2. The largest absolute Gasteiger partial charge is 0.494 e. The van der Waals surface area contributed by atoms with Crippen molar-refractivity contribution in [1.82, 2.24) is 15.6 Å².